The van der Waals surface area contributed by atoms with E-state index in [0.29, 0.717) is 24.6 Å². The van der Waals surface area contributed by atoms with Crippen molar-refractivity contribution in [2.45, 2.75) is 31.1 Å². The molecule has 1 amide bonds. The zero-order valence-corrected chi connectivity index (χ0v) is 14.7. The Balaban J connectivity index is 1.96. The fourth-order valence-corrected chi connectivity index (χ4v) is 5.49. The molecule has 0 aromatic heterocycles. The number of hydrogen-bond donors (Lipinski definition) is 0. The molecule has 0 bridgehead atoms. The minimum absolute atomic E-state index is 0.0430. The highest BCUT2D eigenvalue weighted by Crippen LogP contribution is 2.24. The van der Waals surface area contributed by atoms with Gasteiger partial charge in [0.2, 0.25) is 5.91 Å². The van der Waals surface area contributed by atoms with Crippen LogP contribution in [0.15, 0.2) is 30.3 Å². The fraction of sp³-hybridized carbons (Fsp3) is 0.562. The molecule has 22 heavy (non-hydrogen) atoms. The molecule has 1 heterocycles. The minimum atomic E-state index is -3.23. The molecule has 6 heteroatoms. The lowest BCUT2D eigenvalue weighted by molar-refractivity contribution is -0.131. The summed E-state index contributed by atoms with van der Waals surface area (Å²) in [5, 5.41) is -0.661. The lowest BCUT2D eigenvalue weighted by Crippen LogP contribution is -2.49. The molecule has 2 rings (SSSR count). The third kappa shape index (κ3) is 4.49. The SMILES string of the molecule is C[C@H](CCC(=O)N1CCSC[C@H]1S(C)(=O)=O)c1ccccc1. The number of sulfone groups is 1. The first kappa shape index (κ1) is 17.3. The quantitative estimate of drug-likeness (QED) is 0.826. The number of amides is 1. The highest BCUT2D eigenvalue weighted by molar-refractivity contribution is 8.00. The summed E-state index contributed by atoms with van der Waals surface area (Å²) >= 11 is 1.60. The second-order valence-corrected chi connectivity index (χ2v) is 9.15. The Labute approximate surface area is 137 Å². The topological polar surface area (TPSA) is 54.5 Å². The van der Waals surface area contributed by atoms with Crippen LogP contribution in [0.2, 0.25) is 0 Å². The van der Waals surface area contributed by atoms with Gasteiger partial charge in [-0.3, -0.25) is 4.79 Å². The van der Waals surface area contributed by atoms with E-state index in [1.165, 1.54) is 11.8 Å². The number of carbonyl (C=O) groups excluding carboxylic acids is 1. The Hall–Kier alpha value is -1.01. The van der Waals surface area contributed by atoms with Crippen LogP contribution >= 0.6 is 11.8 Å². The number of benzene rings is 1. The number of thioether (sulfide) groups is 1. The molecule has 1 fully saturated rings. The molecule has 1 saturated heterocycles. The van der Waals surface area contributed by atoms with E-state index < -0.39 is 15.2 Å². The lowest BCUT2D eigenvalue weighted by Gasteiger charge is -2.34. The van der Waals surface area contributed by atoms with Gasteiger partial charge < -0.3 is 4.90 Å². The van der Waals surface area contributed by atoms with E-state index in [9.17, 15) is 13.2 Å². The monoisotopic (exact) mass is 341 g/mol. The van der Waals surface area contributed by atoms with Gasteiger partial charge in [0.25, 0.3) is 0 Å². The fourth-order valence-electron chi connectivity index (χ4n) is 2.65. The molecule has 1 aliphatic heterocycles. The van der Waals surface area contributed by atoms with Gasteiger partial charge in [0.05, 0.1) is 0 Å². The Kier molecular flexibility index (Phi) is 5.92. The van der Waals surface area contributed by atoms with Crippen LogP contribution in [0.4, 0.5) is 0 Å². The number of nitrogens with zero attached hydrogens (tertiary/aromatic N) is 1. The average molecular weight is 341 g/mol. The second-order valence-electron chi connectivity index (χ2n) is 5.80. The third-order valence-corrected chi connectivity index (χ3v) is 6.70. The maximum atomic E-state index is 12.4. The Bertz CT molecular complexity index is 601. The first-order valence-electron chi connectivity index (χ1n) is 7.50. The molecule has 0 spiro atoms. The average Bonchev–Trinajstić information content (AvgIpc) is 2.52. The van der Waals surface area contributed by atoms with E-state index in [1.807, 2.05) is 18.2 Å². The summed E-state index contributed by atoms with van der Waals surface area (Å²) in [6, 6.07) is 10.1. The van der Waals surface area contributed by atoms with Gasteiger partial charge in [-0.1, -0.05) is 37.3 Å². The predicted octanol–water partition coefficient (Wildman–Crippen LogP) is 2.52. The first-order valence-corrected chi connectivity index (χ1v) is 10.6. The summed E-state index contributed by atoms with van der Waals surface area (Å²) in [6.07, 6.45) is 2.35. The Morgan fingerprint density at radius 2 is 2.05 bits per heavy atom. The molecule has 0 radical (unpaired) electrons. The van der Waals surface area contributed by atoms with Crippen LogP contribution in [-0.2, 0) is 14.6 Å². The van der Waals surface area contributed by atoms with Crippen molar-refractivity contribution in [3.8, 4) is 0 Å². The molecule has 1 aliphatic rings. The van der Waals surface area contributed by atoms with E-state index in [0.717, 1.165) is 12.2 Å². The predicted molar refractivity (Wildman–Crippen MR) is 91.8 cm³/mol. The van der Waals surface area contributed by atoms with Crippen LogP contribution in [0.3, 0.4) is 0 Å². The zero-order valence-electron chi connectivity index (χ0n) is 13.1. The normalized spacial score (nSPS) is 20.6. The van der Waals surface area contributed by atoms with Gasteiger partial charge in [0.15, 0.2) is 9.84 Å². The number of carbonyl (C=O) groups is 1. The van der Waals surface area contributed by atoms with Crippen LogP contribution in [0.25, 0.3) is 0 Å². The van der Waals surface area contributed by atoms with Crippen LogP contribution in [-0.4, -0.2) is 48.9 Å². The van der Waals surface area contributed by atoms with Gasteiger partial charge >= 0.3 is 0 Å². The summed E-state index contributed by atoms with van der Waals surface area (Å²) in [7, 11) is -3.23. The van der Waals surface area contributed by atoms with Gasteiger partial charge in [-0.05, 0) is 17.9 Å². The highest BCUT2D eigenvalue weighted by Gasteiger charge is 2.33. The molecule has 0 N–H and O–H groups in total. The molecule has 0 aliphatic carbocycles. The lowest BCUT2D eigenvalue weighted by atomic mass is 9.96. The molecule has 2 atom stereocenters. The van der Waals surface area contributed by atoms with Crippen molar-refractivity contribution in [2.75, 3.05) is 24.3 Å². The molecule has 1 aromatic carbocycles. The standard InChI is InChI=1S/C16H23NO3S2/c1-13(14-6-4-3-5-7-14)8-9-15(18)17-10-11-21-12-16(17)22(2,19)20/h3-7,13,16H,8-12H2,1-2H3/t13-,16-/m1/s1. The summed E-state index contributed by atoms with van der Waals surface area (Å²) in [4.78, 5) is 14.0. The molecule has 0 unspecified atom stereocenters. The van der Waals surface area contributed by atoms with Crippen molar-refractivity contribution in [3.05, 3.63) is 35.9 Å². The molecule has 1 aromatic rings. The maximum absolute atomic E-state index is 12.4. The summed E-state index contributed by atoms with van der Waals surface area (Å²) < 4.78 is 23.7. The third-order valence-electron chi connectivity index (χ3n) is 4.06. The van der Waals surface area contributed by atoms with Gasteiger partial charge in [-0.15, -0.1) is 0 Å². The van der Waals surface area contributed by atoms with Gasteiger partial charge in [0, 0.05) is 30.7 Å². The summed E-state index contributed by atoms with van der Waals surface area (Å²) in [6.45, 7) is 2.63. The van der Waals surface area contributed by atoms with E-state index in [4.69, 9.17) is 0 Å². The Morgan fingerprint density at radius 3 is 2.68 bits per heavy atom. The van der Waals surface area contributed by atoms with E-state index in [1.54, 1.807) is 16.7 Å². The van der Waals surface area contributed by atoms with Crippen molar-refractivity contribution >= 4 is 27.5 Å². The zero-order chi connectivity index (χ0) is 16.2. The van der Waals surface area contributed by atoms with E-state index in [-0.39, 0.29) is 5.91 Å². The number of rotatable bonds is 5. The van der Waals surface area contributed by atoms with Crippen LogP contribution < -0.4 is 0 Å². The smallest absolute Gasteiger partial charge is 0.223 e. The van der Waals surface area contributed by atoms with Crippen molar-refractivity contribution in [3.63, 3.8) is 0 Å². The van der Waals surface area contributed by atoms with Crippen LogP contribution in [0.5, 0.6) is 0 Å². The molecule has 0 saturated carbocycles. The molecule has 4 nitrogen and oxygen atoms in total. The van der Waals surface area contributed by atoms with E-state index in [2.05, 4.69) is 19.1 Å². The first-order chi connectivity index (χ1) is 10.4. The highest BCUT2D eigenvalue weighted by atomic mass is 32.2. The van der Waals surface area contributed by atoms with Gasteiger partial charge in [0.1, 0.15) is 5.37 Å². The maximum Gasteiger partial charge on any atom is 0.223 e. The van der Waals surface area contributed by atoms with Crippen LogP contribution in [0, 0.1) is 0 Å². The van der Waals surface area contributed by atoms with Crippen molar-refractivity contribution in [2.24, 2.45) is 0 Å². The minimum Gasteiger partial charge on any atom is -0.324 e. The molecular weight excluding hydrogens is 318 g/mol. The van der Waals surface area contributed by atoms with Gasteiger partial charge in [-0.2, -0.15) is 11.8 Å². The second kappa shape index (κ2) is 7.51. The Morgan fingerprint density at radius 1 is 1.36 bits per heavy atom. The van der Waals surface area contributed by atoms with Crippen LogP contribution in [0.1, 0.15) is 31.2 Å². The van der Waals surface area contributed by atoms with Gasteiger partial charge in [-0.25, -0.2) is 8.42 Å². The summed E-state index contributed by atoms with van der Waals surface area (Å²) in [5.41, 5.74) is 1.21. The molecular formula is C16H23NO3S2. The van der Waals surface area contributed by atoms with Crippen molar-refractivity contribution < 1.29 is 13.2 Å². The van der Waals surface area contributed by atoms with Crippen molar-refractivity contribution in [1.82, 2.24) is 4.90 Å². The largest absolute Gasteiger partial charge is 0.324 e. The molecule has 122 valence electrons. The summed E-state index contributed by atoms with van der Waals surface area (Å²) in [5.74, 6) is 1.55. The van der Waals surface area contributed by atoms with Crippen molar-refractivity contribution in [1.29, 1.82) is 0 Å². The number of hydrogen-bond acceptors (Lipinski definition) is 4. The van der Waals surface area contributed by atoms with E-state index >= 15 is 0 Å².